The van der Waals surface area contributed by atoms with Gasteiger partial charge >= 0.3 is 0 Å². The van der Waals surface area contributed by atoms with Crippen molar-refractivity contribution in [3.05, 3.63) is 59.7 Å². The second kappa shape index (κ2) is 5.37. The highest BCUT2D eigenvalue weighted by molar-refractivity contribution is 6.04. The first kappa shape index (κ1) is 14.1. The van der Waals surface area contributed by atoms with Crippen LogP contribution in [0.3, 0.4) is 0 Å². The summed E-state index contributed by atoms with van der Waals surface area (Å²) in [5.74, 6) is 0.322. The van der Waals surface area contributed by atoms with Crippen molar-refractivity contribution in [1.82, 2.24) is 0 Å². The van der Waals surface area contributed by atoms with Crippen LogP contribution in [-0.4, -0.2) is 18.0 Å². The molecule has 0 saturated heterocycles. The fourth-order valence-electron chi connectivity index (χ4n) is 2.17. The van der Waals surface area contributed by atoms with E-state index in [2.05, 4.69) is 0 Å². The first-order valence-corrected chi connectivity index (χ1v) is 6.44. The molecule has 0 heterocycles. The summed E-state index contributed by atoms with van der Waals surface area (Å²) in [5.41, 5.74) is 0.842. The third-order valence-electron chi connectivity index (χ3n) is 3.51. The number of benzene rings is 2. The smallest absolute Gasteiger partial charge is 0.172 e. The fraction of sp³-hybridized carbons (Fsp3) is 0.235. The van der Waals surface area contributed by atoms with Gasteiger partial charge in [-0.3, -0.25) is 4.79 Å². The van der Waals surface area contributed by atoms with Crippen LogP contribution in [0.15, 0.2) is 48.5 Å². The summed E-state index contributed by atoms with van der Waals surface area (Å²) >= 11 is 0. The molecule has 0 saturated carbocycles. The molecule has 0 aliphatic heterocycles. The van der Waals surface area contributed by atoms with E-state index in [-0.39, 0.29) is 11.5 Å². The Balaban J connectivity index is 2.40. The van der Waals surface area contributed by atoms with Crippen molar-refractivity contribution < 1.29 is 14.6 Å². The van der Waals surface area contributed by atoms with Crippen LogP contribution < -0.4 is 4.74 Å². The number of phenolic OH excluding ortho intramolecular Hbond substituents is 1. The van der Waals surface area contributed by atoms with Crippen LogP contribution in [0.2, 0.25) is 0 Å². The Bertz CT molecular complexity index is 615. The molecule has 104 valence electrons. The van der Waals surface area contributed by atoms with E-state index >= 15 is 0 Å². The summed E-state index contributed by atoms with van der Waals surface area (Å²) in [7, 11) is 1.46. The second-order valence-corrected chi connectivity index (χ2v) is 5.21. The average Bonchev–Trinajstić information content (AvgIpc) is 2.48. The van der Waals surface area contributed by atoms with E-state index in [0.717, 1.165) is 5.56 Å². The first-order chi connectivity index (χ1) is 9.46. The molecule has 0 spiro atoms. The molecule has 0 unspecified atom stereocenters. The SMILES string of the molecule is COc1cc(C(=O)C(C)(C)c2ccccc2)ccc1O. The quantitative estimate of drug-likeness (QED) is 0.864. The number of carbonyl (C=O) groups excluding carboxylic acids is 1. The summed E-state index contributed by atoms with van der Waals surface area (Å²) in [6, 6.07) is 14.3. The fourth-order valence-corrected chi connectivity index (χ4v) is 2.17. The van der Waals surface area contributed by atoms with Gasteiger partial charge in [0.05, 0.1) is 12.5 Å². The third kappa shape index (κ3) is 2.52. The molecule has 2 rings (SSSR count). The van der Waals surface area contributed by atoms with Gasteiger partial charge in [0.15, 0.2) is 17.3 Å². The Hall–Kier alpha value is -2.29. The minimum Gasteiger partial charge on any atom is -0.504 e. The predicted molar refractivity (Wildman–Crippen MR) is 78.5 cm³/mol. The Morgan fingerprint density at radius 1 is 1.10 bits per heavy atom. The van der Waals surface area contributed by atoms with Crippen LogP contribution in [0, 0.1) is 0 Å². The summed E-state index contributed by atoms with van der Waals surface area (Å²) in [6.45, 7) is 3.79. The topological polar surface area (TPSA) is 46.5 Å². The number of ether oxygens (including phenoxy) is 1. The number of methoxy groups -OCH3 is 1. The lowest BCUT2D eigenvalue weighted by Crippen LogP contribution is -2.29. The monoisotopic (exact) mass is 270 g/mol. The molecule has 1 N–H and O–H groups in total. The maximum atomic E-state index is 12.7. The maximum absolute atomic E-state index is 12.7. The average molecular weight is 270 g/mol. The van der Waals surface area contributed by atoms with E-state index in [0.29, 0.717) is 11.3 Å². The van der Waals surface area contributed by atoms with Gasteiger partial charge in [0.25, 0.3) is 0 Å². The van der Waals surface area contributed by atoms with E-state index < -0.39 is 5.41 Å². The molecular weight excluding hydrogens is 252 g/mol. The molecule has 0 fully saturated rings. The van der Waals surface area contributed by atoms with Crippen molar-refractivity contribution in [2.45, 2.75) is 19.3 Å². The van der Waals surface area contributed by atoms with Crippen LogP contribution >= 0.6 is 0 Å². The zero-order chi connectivity index (χ0) is 14.8. The number of hydrogen-bond donors (Lipinski definition) is 1. The van der Waals surface area contributed by atoms with Gasteiger partial charge in [-0.05, 0) is 37.6 Å². The normalized spacial score (nSPS) is 11.2. The molecule has 2 aromatic rings. The number of aromatic hydroxyl groups is 1. The summed E-state index contributed by atoms with van der Waals surface area (Å²) in [5, 5.41) is 9.60. The van der Waals surface area contributed by atoms with Crippen molar-refractivity contribution >= 4 is 5.78 Å². The molecule has 0 aliphatic rings. The van der Waals surface area contributed by atoms with Crippen LogP contribution in [0.5, 0.6) is 11.5 Å². The lowest BCUT2D eigenvalue weighted by molar-refractivity contribution is 0.0908. The van der Waals surface area contributed by atoms with Gasteiger partial charge in [-0.1, -0.05) is 30.3 Å². The number of hydrogen-bond acceptors (Lipinski definition) is 3. The van der Waals surface area contributed by atoms with Crippen LogP contribution in [0.4, 0.5) is 0 Å². The Labute approximate surface area is 118 Å². The van der Waals surface area contributed by atoms with E-state index in [9.17, 15) is 9.90 Å². The minimum atomic E-state index is -0.636. The zero-order valence-electron chi connectivity index (χ0n) is 11.9. The van der Waals surface area contributed by atoms with E-state index in [1.54, 1.807) is 12.1 Å². The van der Waals surface area contributed by atoms with E-state index in [1.165, 1.54) is 13.2 Å². The van der Waals surface area contributed by atoms with E-state index in [4.69, 9.17) is 4.74 Å². The lowest BCUT2D eigenvalue weighted by atomic mass is 9.78. The highest BCUT2D eigenvalue weighted by Crippen LogP contribution is 2.32. The van der Waals surface area contributed by atoms with Gasteiger partial charge in [0.1, 0.15) is 0 Å². The van der Waals surface area contributed by atoms with Crippen LogP contribution in [0.1, 0.15) is 29.8 Å². The summed E-state index contributed by atoms with van der Waals surface area (Å²) in [4.78, 5) is 12.7. The largest absolute Gasteiger partial charge is 0.504 e. The van der Waals surface area contributed by atoms with Crippen LogP contribution in [0.25, 0.3) is 0 Å². The molecule has 0 atom stereocenters. The standard InChI is InChI=1S/C17H18O3/c1-17(2,13-7-5-4-6-8-13)16(19)12-9-10-14(18)15(11-12)20-3/h4-11,18H,1-3H3. The molecule has 3 heteroatoms. The molecule has 0 aliphatic carbocycles. The molecule has 0 amide bonds. The third-order valence-corrected chi connectivity index (χ3v) is 3.51. The summed E-state index contributed by atoms with van der Waals surface area (Å²) < 4.78 is 5.05. The van der Waals surface area contributed by atoms with Gasteiger partial charge in [-0.15, -0.1) is 0 Å². The van der Waals surface area contributed by atoms with Crippen molar-refractivity contribution in [3.63, 3.8) is 0 Å². The molecule has 0 bridgehead atoms. The van der Waals surface area contributed by atoms with Gasteiger partial charge in [0, 0.05) is 5.56 Å². The predicted octanol–water partition coefficient (Wildman–Crippen LogP) is 3.56. The van der Waals surface area contributed by atoms with Crippen molar-refractivity contribution in [2.24, 2.45) is 0 Å². The Morgan fingerprint density at radius 2 is 1.75 bits per heavy atom. The number of ketones is 1. The minimum absolute atomic E-state index is 0.0120. The number of carbonyl (C=O) groups is 1. The number of Topliss-reactive ketones (excluding diaryl/α,β-unsaturated/α-hetero) is 1. The highest BCUT2D eigenvalue weighted by Gasteiger charge is 2.30. The van der Waals surface area contributed by atoms with Gasteiger partial charge in [-0.25, -0.2) is 0 Å². The summed E-state index contributed by atoms with van der Waals surface area (Å²) in [6.07, 6.45) is 0. The van der Waals surface area contributed by atoms with Crippen molar-refractivity contribution in [1.29, 1.82) is 0 Å². The molecule has 2 aromatic carbocycles. The molecule has 3 nitrogen and oxygen atoms in total. The first-order valence-electron chi connectivity index (χ1n) is 6.44. The van der Waals surface area contributed by atoms with Gasteiger partial charge < -0.3 is 9.84 Å². The number of phenols is 1. The Morgan fingerprint density at radius 3 is 2.35 bits per heavy atom. The lowest BCUT2D eigenvalue weighted by Gasteiger charge is -2.24. The zero-order valence-corrected chi connectivity index (χ0v) is 11.9. The molecular formula is C17H18O3. The Kier molecular flexibility index (Phi) is 3.79. The second-order valence-electron chi connectivity index (χ2n) is 5.21. The van der Waals surface area contributed by atoms with Gasteiger partial charge in [-0.2, -0.15) is 0 Å². The van der Waals surface area contributed by atoms with Crippen molar-refractivity contribution in [2.75, 3.05) is 7.11 Å². The van der Waals surface area contributed by atoms with Crippen molar-refractivity contribution in [3.8, 4) is 11.5 Å². The van der Waals surface area contributed by atoms with E-state index in [1.807, 2.05) is 44.2 Å². The number of rotatable bonds is 4. The van der Waals surface area contributed by atoms with Gasteiger partial charge in [0.2, 0.25) is 0 Å². The molecule has 20 heavy (non-hydrogen) atoms. The maximum Gasteiger partial charge on any atom is 0.172 e. The highest BCUT2D eigenvalue weighted by atomic mass is 16.5. The molecule has 0 aromatic heterocycles. The van der Waals surface area contributed by atoms with Crippen LogP contribution in [-0.2, 0) is 5.41 Å². The molecule has 0 radical (unpaired) electrons.